The molecule has 0 aromatic heterocycles. The first-order chi connectivity index (χ1) is 6.75. The molecule has 0 saturated carbocycles. The van der Waals surface area contributed by atoms with Crippen LogP contribution < -0.4 is 11.1 Å². The number of amides is 1. The van der Waals surface area contributed by atoms with Crippen LogP contribution in [0.25, 0.3) is 0 Å². The minimum Gasteiger partial charge on any atom is -0.355 e. The SMILES string of the molecule is CN(C)CC(=O)NCCC(C)(N)C(F)F. The normalized spacial score (nSPS) is 15.5. The second-order valence-corrected chi connectivity index (χ2v) is 4.14. The molecule has 0 bridgehead atoms. The maximum Gasteiger partial charge on any atom is 0.256 e. The summed E-state index contributed by atoms with van der Waals surface area (Å²) in [5, 5.41) is 2.53. The van der Waals surface area contributed by atoms with E-state index in [4.69, 9.17) is 5.73 Å². The van der Waals surface area contributed by atoms with E-state index in [-0.39, 0.29) is 25.4 Å². The van der Waals surface area contributed by atoms with Gasteiger partial charge >= 0.3 is 0 Å². The Balaban J connectivity index is 3.75. The first-order valence-electron chi connectivity index (χ1n) is 4.74. The van der Waals surface area contributed by atoms with Gasteiger partial charge in [0.1, 0.15) is 0 Å². The molecule has 4 nitrogen and oxygen atoms in total. The first kappa shape index (κ1) is 14.2. The number of carbonyl (C=O) groups excluding carboxylic acids is 1. The predicted molar refractivity (Wildman–Crippen MR) is 54.8 cm³/mol. The fraction of sp³-hybridized carbons (Fsp3) is 0.889. The number of nitrogens with two attached hydrogens (primary N) is 1. The molecule has 0 rings (SSSR count). The molecule has 0 aliphatic heterocycles. The van der Waals surface area contributed by atoms with Gasteiger partial charge in [-0.15, -0.1) is 0 Å². The monoisotopic (exact) mass is 223 g/mol. The molecule has 6 heteroatoms. The zero-order valence-corrected chi connectivity index (χ0v) is 9.39. The van der Waals surface area contributed by atoms with Gasteiger partial charge in [-0.3, -0.25) is 4.79 Å². The Morgan fingerprint density at radius 1 is 1.53 bits per heavy atom. The Bertz CT molecular complexity index is 208. The molecule has 0 saturated heterocycles. The highest BCUT2D eigenvalue weighted by Crippen LogP contribution is 2.14. The zero-order chi connectivity index (χ0) is 12.1. The van der Waals surface area contributed by atoms with Crippen molar-refractivity contribution in [3.05, 3.63) is 0 Å². The van der Waals surface area contributed by atoms with Crippen molar-refractivity contribution in [1.29, 1.82) is 0 Å². The van der Waals surface area contributed by atoms with Crippen molar-refractivity contribution in [2.45, 2.75) is 25.3 Å². The van der Waals surface area contributed by atoms with Crippen molar-refractivity contribution in [3.8, 4) is 0 Å². The maximum absolute atomic E-state index is 12.3. The summed E-state index contributed by atoms with van der Waals surface area (Å²) in [7, 11) is 3.51. The summed E-state index contributed by atoms with van der Waals surface area (Å²) in [6.45, 7) is 1.69. The third-order valence-electron chi connectivity index (χ3n) is 1.94. The van der Waals surface area contributed by atoms with E-state index in [9.17, 15) is 13.6 Å². The van der Waals surface area contributed by atoms with Gasteiger partial charge in [0.05, 0.1) is 12.1 Å². The summed E-state index contributed by atoms with van der Waals surface area (Å²) >= 11 is 0. The smallest absolute Gasteiger partial charge is 0.256 e. The van der Waals surface area contributed by atoms with Gasteiger partial charge in [-0.1, -0.05) is 0 Å². The average Bonchev–Trinajstić information content (AvgIpc) is 2.01. The number of halogens is 2. The van der Waals surface area contributed by atoms with Gasteiger partial charge in [0.25, 0.3) is 6.43 Å². The van der Waals surface area contributed by atoms with Gasteiger partial charge in [-0.2, -0.15) is 0 Å². The molecule has 0 spiro atoms. The van der Waals surface area contributed by atoms with Crippen LogP contribution in [-0.2, 0) is 4.79 Å². The van der Waals surface area contributed by atoms with Crippen LogP contribution in [0.4, 0.5) is 8.78 Å². The highest BCUT2D eigenvalue weighted by molar-refractivity contribution is 5.77. The van der Waals surface area contributed by atoms with Gasteiger partial charge in [0, 0.05) is 6.54 Å². The fourth-order valence-electron chi connectivity index (χ4n) is 0.923. The van der Waals surface area contributed by atoms with E-state index in [1.165, 1.54) is 6.92 Å². The number of alkyl halides is 2. The lowest BCUT2D eigenvalue weighted by molar-refractivity contribution is -0.121. The Morgan fingerprint density at radius 3 is 2.47 bits per heavy atom. The molecule has 0 aliphatic carbocycles. The molecule has 0 fully saturated rings. The number of nitrogens with zero attached hydrogens (tertiary/aromatic N) is 1. The third-order valence-corrected chi connectivity index (χ3v) is 1.94. The largest absolute Gasteiger partial charge is 0.355 e. The van der Waals surface area contributed by atoms with E-state index in [2.05, 4.69) is 5.32 Å². The van der Waals surface area contributed by atoms with E-state index in [1.807, 2.05) is 0 Å². The Labute approximate surface area is 88.8 Å². The second kappa shape index (κ2) is 5.97. The number of carbonyl (C=O) groups is 1. The Kier molecular flexibility index (Phi) is 5.67. The lowest BCUT2D eigenvalue weighted by atomic mass is 10.0. The van der Waals surface area contributed by atoms with Crippen molar-refractivity contribution >= 4 is 5.91 Å². The van der Waals surface area contributed by atoms with E-state index in [0.717, 1.165) is 0 Å². The van der Waals surface area contributed by atoms with Crippen molar-refractivity contribution in [1.82, 2.24) is 10.2 Å². The number of rotatable bonds is 6. The van der Waals surface area contributed by atoms with E-state index in [0.29, 0.717) is 0 Å². The molecule has 1 amide bonds. The van der Waals surface area contributed by atoms with Crippen molar-refractivity contribution in [3.63, 3.8) is 0 Å². The minimum absolute atomic E-state index is 0.0594. The predicted octanol–water partition coefficient (Wildman–Crippen LogP) is 0.0368. The summed E-state index contributed by atoms with van der Waals surface area (Å²) < 4.78 is 24.6. The molecule has 0 radical (unpaired) electrons. The lowest BCUT2D eigenvalue weighted by Gasteiger charge is -2.23. The van der Waals surface area contributed by atoms with Gasteiger partial charge in [-0.05, 0) is 27.4 Å². The number of hydrogen-bond acceptors (Lipinski definition) is 3. The Hall–Kier alpha value is -0.750. The molecule has 0 aliphatic rings. The first-order valence-corrected chi connectivity index (χ1v) is 4.74. The molecule has 90 valence electrons. The van der Waals surface area contributed by atoms with Crippen molar-refractivity contribution in [2.24, 2.45) is 5.73 Å². The number of nitrogens with one attached hydrogen (secondary N) is 1. The number of hydrogen-bond donors (Lipinski definition) is 2. The van der Waals surface area contributed by atoms with Gasteiger partial charge in [0.15, 0.2) is 0 Å². The highest BCUT2D eigenvalue weighted by atomic mass is 19.3. The summed E-state index contributed by atoms with van der Waals surface area (Å²) in [6.07, 6.45) is -2.52. The van der Waals surface area contributed by atoms with Gasteiger partial charge in [0.2, 0.25) is 5.91 Å². The van der Waals surface area contributed by atoms with Crippen LogP contribution in [0.1, 0.15) is 13.3 Å². The van der Waals surface area contributed by atoms with Crippen molar-refractivity contribution in [2.75, 3.05) is 27.2 Å². The lowest BCUT2D eigenvalue weighted by Crippen LogP contribution is -2.47. The third kappa shape index (κ3) is 6.35. The number of likely N-dealkylation sites (N-methyl/N-ethyl adjacent to an activating group) is 1. The summed E-state index contributed by atoms with van der Waals surface area (Å²) in [5.41, 5.74) is 3.80. The molecule has 0 aromatic carbocycles. The standard InChI is InChI=1S/C9H19F2N3O/c1-9(12,8(10)11)4-5-13-7(15)6-14(2)3/h8H,4-6,12H2,1-3H3,(H,13,15). The van der Waals surface area contributed by atoms with Crippen LogP contribution in [0.5, 0.6) is 0 Å². The van der Waals surface area contributed by atoms with Gasteiger partial charge < -0.3 is 16.0 Å². The van der Waals surface area contributed by atoms with Crippen LogP contribution >= 0.6 is 0 Å². The minimum atomic E-state index is -2.58. The fourth-order valence-corrected chi connectivity index (χ4v) is 0.923. The van der Waals surface area contributed by atoms with Crippen molar-refractivity contribution < 1.29 is 13.6 Å². The summed E-state index contributed by atoms with van der Waals surface area (Å²) in [6, 6.07) is 0. The van der Waals surface area contributed by atoms with E-state index >= 15 is 0 Å². The van der Waals surface area contributed by atoms with E-state index < -0.39 is 12.0 Å². The van der Waals surface area contributed by atoms with Crippen LogP contribution in [0.3, 0.4) is 0 Å². The van der Waals surface area contributed by atoms with Crippen LogP contribution in [0.2, 0.25) is 0 Å². The topological polar surface area (TPSA) is 58.4 Å². The second-order valence-electron chi connectivity index (χ2n) is 4.14. The zero-order valence-electron chi connectivity index (χ0n) is 9.39. The quantitative estimate of drug-likeness (QED) is 0.668. The Morgan fingerprint density at radius 2 is 2.07 bits per heavy atom. The maximum atomic E-state index is 12.3. The summed E-state index contributed by atoms with van der Waals surface area (Å²) in [5.74, 6) is -0.190. The molecular weight excluding hydrogens is 204 g/mol. The van der Waals surface area contributed by atoms with Gasteiger partial charge in [-0.25, -0.2) is 8.78 Å². The summed E-state index contributed by atoms with van der Waals surface area (Å²) in [4.78, 5) is 12.8. The average molecular weight is 223 g/mol. The molecule has 15 heavy (non-hydrogen) atoms. The van der Waals surface area contributed by atoms with E-state index in [1.54, 1.807) is 19.0 Å². The molecule has 1 unspecified atom stereocenters. The van der Waals surface area contributed by atoms with Crippen LogP contribution in [0, 0.1) is 0 Å². The molecule has 0 heterocycles. The van der Waals surface area contributed by atoms with Crippen LogP contribution in [-0.4, -0.2) is 50.0 Å². The van der Waals surface area contributed by atoms with Crippen LogP contribution in [0.15, 0.2) is 0 Å². The molecular formula is C9H19F2N3O. The highest BCUT2D eigenvalue weighted by Gasteiger charge is 2.29. The molecule has 1 atom stereocenters. The molecule has 3 N–H and O–H groups in total. The molecule has 0 aromatic rings.